The van der Waals surface area contributed by atoms with Crippen LogP contribution in [0.15, 0.2) is 41.1 Å². The quantitative estimate of drug-likeness (QED) is 0.865. The van der Waals surface area contributed by atoms with Crippen LogP contribution in [0.25, 0.3) is 0 Å². The maximum atomic E-state index is 12.5. The van der Waals surface area contributed by atoms with Crippen molar-refractivity contribution in [3.63, 3.8) is 0 Å². The maximum Gasteiger partial charge on any atom is 0.268 e. The largest absolute Gasteiger partial charge is 0.479 e. The van der Waals surface area contributed by atoms with Gasteiger partial charge < -0.3 is 9.64 Å². The predicted octanol–water partition coefficient (Wildman–Crippen LogP) is 2.52. The van der Waals surface area contributed by atoms with E-state index >= 15 is 0 Å². The van der Waals surface area contributed by atoms with E-state index in [-0.39, 0.29) is 18.4 Å². The van der Waals surface area contributed by atoms with E-state index < -0.39 is 6.10 Å². The smallest absolute Gasteiger partial charge is 0.268 e. The van der Waals surface area contributed by atoms with Crippen LogP contribution in [-0.2, 0) is 16.1 Å². The Morgan fingerprint density at radius 1 is 1.35 bits per heavy atom. The van der Waals surface area contributed by atoms with Crippen LogP contribution in [0.2, 0.25) is 0 Å². The zero-order valence-electron chi connectivity index (χ0n) is 13.1. The summed E-state index contributed by atoms with van der Waals surface area (Å²) >= 11 is 1.60. The average molecular weight is 330 g/mol. The Kier molecular flexibility index (Phi) is 4.34. The number of rotatable bonds is 4. The Labute approximate surface area is 139 Å². The monoisotopic (exact) mass is 330 g/mol. The Morgan fingerprint density at radius 2 is 2.13 bits per heavy atom. The molecule has 0 saturated carbocycles. The van der Waals surface area contributed by atoms with E-state index in [0.29, 0.717) is 18.0 Å². The number of thiophene rings is 1. The van der Waals surface area contributed by atoms with Gasteiger partial charge in [-0.3, -0.25) is 14.5 Å². The highest BCUT2D eigenvalue weighted by molar-refractivity contribution is 7.07. The highest BCUT2D eigenvalue weighted by Gasteiger charge is 2.33. The van der Waals surface area contributed by atoms with Gasteiger partial charge in [-0.2, -0.15) is 11.3 Å². The summed E-state index contributed by atoms with van der Waals surface area (Å²) in [6.45, 7) is 2.26. The van der Waals surface area contributed by atoms with Crippen molar-refractivity contribution in [2.75, 3.05) is 18.5 Å². The standard InChI is InChI=1S/C17H18N2O3S/c1-12-17(21)19(14-5-3-4-6-15(14)22-12)10-16(20)18(2)9-13-7-8-23-11-13/h3-8,11-12H,9-10H2,1-2H3/t12-/m1/s1. The highest BCUT2D eigenvalue weighted by atomic mass is 32.1. The van der Waals surface area contributed by atoms with Crippen LogP contribution in [0, 0.1) is 0 Å². The predicted molar refractivity (Wildman–Crippen MR) is 89.7 cm³/mol. The molecule has 120 valence electrons. The van der Waals surface area contributed by atoms with Gasteiger partial charge in [0.15, 0.2) is 6.10 Å². The van der Waals surface area contributed by atoms with E-state index in [1.54, 1.807) is 36.3 Å². The lowest BCUT2D eigenvalue weighted by Crippen LogP contribution is -2.48. The van der Waals surface area contributed by atoms with Crippen molar-refractivity contribution in [3.05, 3.63) is 46.7 Å². The van der Waals surface area contributed by atoms with Gasteiger partial charge in [0.2, 0.25) is 5.91 Å². The van der Waals surface area contributed by atoms with Crippen molar-refractivity contribution in [2.24, 2.45) is 0 Å². The molecule has 2 amide bonds. The molecule has 1 aliphatic rings. The molecule has 0 aliphatic carbocycles. The van der Waals surface area contributed by atoms with Gasteiger partial charge in [0.25, 0.3) is 5.91 Å². The fourth-order valence-electron chi connectivity index (χ4n) is 2.52. The molecular formula is C17H18N2O3S. The molecule has 5 nitrogen and oxygen atoms in total. The number of likely N-dealkylation sites (N-methyl/N-ethyl adjacent to an activating group) is 1. The Hall–Kier alpha value is -2.34. The first-order valence-electron chi connectivity index (χ1n) is 7.38. The first-order chi connectivity index (χ1) is 11.1. The molecule has 23 heavy (non-hydrogen) atoms. The van der Waals surface area contributed by atoms with E-state index in [9.17, 15) is 9.59 Å². The number of ether oxygens (including phenoxy) is 1. The van der Waals surface area contributed by atoms with Crippen molar-refractivity contribution >= 4 is 28.8 Å². The topological polar surface area (TPSA) is 49.9 Å². The number of fused-ring (bicyclic) bond motifs is 1. The van der Waals surface area contributed by atoms with Gasteiger partial charge in [0, 0.05) is 13.6 Å². The summed E-state index contributed by atoms with van der Waals surface area (Å²) in [7, 11) is 1.75. The van der Waals surface area contributed by atoms with Crippen molar-refractivity contribution in [1.82, 2.24) is 4.90 Å². The lowest BCUT2D eigenvalue weighted by atomic mass is 10.2. The number of hydrogen-bond donors (Lipinski definition) is 0. The first kappa shape index (κ1) is 15.6. The molecule has 0 unspecified atom stereocenters. The van der Waals surface area contributed by atoms with Gasteiger partial charge in [-0.15, -0.1) is 0 Å². The van der Waals surface area contributed by atoms with Crippen LogP contribution >= 0.6 is 11.3 Å². The van der Waals surface area contributed by atoms with Crippen molar-refractivity contribution in [3.8, 4) is 5.75 Å². The van der Waals surface area contributed by atoms with Crippen molar-refractivity contribution < 1.29 is 14.3 Å². The number of para-hydroxylation sites is 2. The molecule has 2 heterocycles. The summed E-state index contributed by atoms with van der Waals surface area (Å²) in [4.78, 5) is 28.0. The Morgan fingerprint density at radius 3 is 2.87 bits per heavy atom. The summed E-state index contributed by atoms with van der Waals surface area (Å²) in [5, 5.41) is 4.00. The first-order valence-corrected chi connectivity index (χ1v) is 8.32. The van der Waals surface area contributed by atoms with Crippen LogP contribution in [0.4, 0.5) is 5.69 Å². The fraction of sp³-hybridized carbons (Fsp3) is 0.294. The van der Waals surface area contributed by atoms with Crippen LogP contribution in [0.3, 0.4) is 0 Å². The summed E-state index contributed by atoms with van der Waals surface area (Å²) < 4.78 is 5.59. The molecule has 0 spiro atoms. The third kappa shape index (κ3) is 3.22. The molecular weight excluding hydrogens is 312 g/mol. The molecule has 1 aliphatic heterocycles. The molecule has 1 aromatic carbocycles. The van der Waals surface area contributed by atoms with Gasteiger partial charge in [-0.05, 0) is 41.4 Å². The van der Waals surface area contributed by atoms with Gasteiger partial charge in [0.1, 0.15) is 12.3 Å². The Bertz CT molecular complexity index is 714. The number of hydrogen-bond acceptors (Lipinski definition) is 4. The molecule has 0 radical (unpaired) electrons. The minimum absolute atomic E-state index is 0.0180. The third-order valence-electron chi connectivity index (χ3n) is 3.79. The zero-order chi connectivity index (χ0) is 16.4. The van der Waals surface area contributed by atoms with Crippen LogP contribution in [0.5, 0.6) is 5.75 Å². The number of benzene rings is 1. The van der Waals surface area contributed by atoms with Crippen LogP contribution in [-0.4, -0.2) is 36.4 Å². The summed E-state index contributed by atoms with van der Waals surface area (Å²) in [6, 6.07) is 9.28. The molecule has 0 N–H and O–H groups in total. The number of amides is 2. The fourth-order valence-corrected chi connectivity index (χ4v) is 3.18. The molecule has 0 bridgehead atoms. The number of carbonyl (C=O) groups excluding carboxylic acids is 2. The SMILES string of the molecule is C[C@H]1Oc2ccccc2N(CC(=O)N(C)Cc2ccsc2)C1=O. The minimum atomic E-state index is -0.583. The van der Waals surface area contributed by atoms with E-state index in [0.717, 1.165) is 5.56 Å². The molecule has 1 atom stereocenters. The summed E-state index contributed by atoms with van der Waals surface area (Å²) in [5.74, 6) is 0.335. The van der Waals surface area contributed by atoms with Gasteiger partial charge in [0.05, 0.1) is 5.69 Å². The lowest BCUT2D eigenvalue weighted by molar-refractivity contribution is -0.132. The summed E-state index contributed by atoms with van der Waals surface area (Å²) in [6.07, 6.45) is -0.583. The number of nitrogens with zero attached hydrogens (tertiary/aromatic N) is 2. The number of anilines is 1. The summed E-state index contributed by atoms with van der Waals surface area (Å²) in [5.41, 5.74) is 1.74. The highest BCUT2D eigenvalue weighted by Crippen LogP contribution is 2.33. The van der Waals surface area contributed by atoms with Crippen molar-refractivity contribution in [1.29, 1.82) is 0 Å². The van der Waals surface area contributed by atoms with Gasteiger partial charge in [-0.25, -0.2) is 0 Å². The second-order valence-corrected chi connectivity index (χ2v) is 6.31. The van der Waals surface area contributed by atoms with E-state index in [4.69, 9.17) is 4.74 Å². The van der Waals surface area contributed by atoms with Crippen LogP contribution < -0.4 is 9.64 Å². The van der Waals surface area contributed by atoms with E-state index in [1.807, 2.05) is 35.0 Å². The second kappa shape index (κ2) is 6.42. The molecule has 2 aromatic rings. The molecule has 3 rings (SSSR count). The zero-order valence-corrected chi connectivity index (χ0v) is 13.9. The average Bonchev–Trinajstić information content (AvgIpc) is 3.04. The van der Waals surface area contributed by atoms with Crippen LogP contribution in [0.1, 0.15) is 12.5 Å². The van der Waals surface area contributed by atoms with Gasteiger partial charge in [-0.1, -0.05) is 12.1 Å². The minimum Gasteiger partial charge on any atom is -0.479 e. The molecule has 0 fully saturated rings. The molecule has 0 saturated heterocycles. The Balaban J connectivity index is 1.75. The van der Waals surface area contributed by atoms with E-state index in [1.165, 1.54) is 4.90 Å². The lowest BCUT2D eigenvalue weighted by Gasteiger charge is -2.33. The van der Waals surface area contributed by atoms with E-state index in [2.05, 4.69) is 0 Å². The second-order valence-electron chi connectivity index (χ2n) is 5.53. The van der Waals surface area contributed by atoms with Crippen molar-refractivity contribution in [2.45, 2.75) is 19.6 Å². The number of carbonyl (C=O) groups is 2. The maximum absolute atomic E-state index is 12.5. The normalized spacial score (nSPS) is 16.7. The third-order valence-corrected chi connectivity index (χ3v) is 4.52. The molecule has 1 aromatic heterocycles. The molecule has 6 heteroatoms. The van der Waals surface area contributed by atoms with Gasteiger partial charge >= 0.3 is 0 Å².